The fraction of sp³-hybridized carbons (Fsp3) is 0.208. The molecule has 0 atom stereocenters. The van der Waals surface area contributed by atoms with Crippen LogP contribution in [0.5, 0.6) is 0 Å². The van der Waals surface area contributed by atoms with Crippen LogP contribution in [0.3, 0.4) is 0 Å². The summed E-state index contributed by atoms with van der Waals surface area (Å²) < 4.78 is 0. The van der Waals surface area contributed by atoms with Gasteiger partial charge in [0.15, 0.2) is 0 Å². The summed E-state index contributed by atoms with van der Waals surface area (Å²) in [5, 5.41) is 4.54. The molecule has 5 nitrogen and oxygen atoms in total. The molecule has 0 bridgehead atoms. The Balaban J connectivity index is 1.45. The average Bonchev–Trinajstić information content (AvgIpc) is 2.71. The van der Waals surface area contributed by atoms with Crippen molar-refractivity contribution in [2.75, 3.05) is 11.9 Å². The number of nitrogens with one attached hydrogen (secondary N) is 1. The Hall–Kier alpha value is -3.47. The largest absolute Gasteiger partial charge is 0.326 e. The second-order valence-corrected chi connectivity index (χ2v) is 7.39. The van der Waals surface area contributed by atoms with Gasteiger partial charge in [-0.05, 0) is 48.9 Å². The first kappa shape index (κ1) is 18.9. The van der Waals surface area contributed by atoms with E-state index in [1.807, 2.05) is 56.3 Å². The van der Waals surface area contributed by atoms with E-state index in [1.54, 1.807) is 12.1 Å². The van der Waals surface area contributed by atoms with Crippen molar-refractivity contribution in [1.29, 1.82) is 0 Å². The van der Waals surface area contributed by atoms with Crippen LogP contribution in [0.2, 0.25) is 0 Å². The van der Waals surface area contributed by atoms with E-state index in [0.29, 0.717) is 22.9 Å². The molecule has 0 saturated heterocycles. The Bertz CT molecular complexity index is 1080. The van der Waals surface area contributed by atoms with Crippen LogP contribution < -0.4 is 5.32 Å². The number of amides is 3. The minimum atomic E-state index is -0.297. The van der Waals surface area contributed by atoms with Crippen molar-refractivity contribution in [2.24, 2.45) is 0 Å². The number of carbonyl (C=O) groups is 3. The van der Waals surface area contributed by atoms with Gasteiger partial charge in [0.2, 0.25) is 5.91 Å². The lowest BCUT2D eigenvalue weighted by Crippen LogP contribution is -2.41. The van der Waals surface area contributed by atoms with Crippen LogP contribution in [-0.2, 0) is 4.79 Å². The van der Waals surface area contributed by atoms with Gasteiger partial charge >= 0.3 is 0 Å². The monoisotopic (exact) mass is 386 g/mol. The molecule has 0 unspecified atom stereocenters. The number of hydrogen-bond donors (Lipinski definition) is 1. The van der Waals surface area contributed by atoms with Gasteiger partial charge < -0.3 is 5.32 Å². The van der Waals surface area contributed by atoms with E-state index >= 15 is 0 Å². The Morgan fingerprint density at radius 3 is 2.00 bits per heavy atom. The van der Waals surface area contributed by atoms with Crippen LogP contribution in [0.15, 0.2) is 54.6 Å². The van der Waals surface area contributed by atoms with E-state index in [9.17, 15) is 14.4 Å². The number of para-hydroxylation sites is 1. The molecule has 3 aromatic carbocycles. The maximum atomic E-state index is 12.9. The van der Waals surface area contributed by atoms with Crippen molar-refractivity contribution >= 4 is 34.2 Å². The number of aryl methyl sites for hydroxylation is 2. The molecule has 1 aliphatic rings. The first-order chi connectivity index (χ1) is 14.0. The maximum Gasteiger partial charge on any atom is 0.261 e. The van der Waals surface area contributed by atoms with E-state index in [1.165, 1.54) is 4.90 Å². The molecule has 0 radical (unpaired) electrons. The van der Waals surface area contributed by atoms with Gasteiger partial charge in [-0.3, -0.25) is 19.3 Å². The molecule has 1 N–H and O–H groups in total. The molecule has 0 spiro atoms. The zero-order valence-corrected chi connectivity index (χ0v) is 16.5. The fourth-order valence-electron chi connectivity index (χ4n) is 3.89. The molecule has 0 fully saturated rings. The Morgan fingerprint density at radius 2 is 1.41 bits per heavy atom. The molecule has 3 aromatic rings. The van der Waals surface area contributed by atoms with E-state index in [0.717, 1.165) is 22.2 Å². The predicted octanol–water partition coefficient (Wildman–Crippen LogP) is 4.47. The predicted molar refractivity (Wildman–Crippen MR) is 113 cm³/mol. The number of anilines is 1. The van der Waals surface area contributed by atoms with E-state index in [4.69, 9.17) is 0 Å². The first-order valence-corrected chi connectivity index (χ1v) is 9.71. The van der Waals surface area contributed by atoms with Gasteiger partial charge in [0.1, 0.15) is 0 Å². The van der Waals surface area contributed by atoms with Gasteiger partial charge in [0, 0.05) is 35.2 Å². The zero-order chi connectivity index (χ0) is 20.5. The number of nitrogens with zero attached hydrogens (tertiary/aromatic N) is 1. The van der Waals surface area contributed by atoms with Crippen LogP contribution in [-0.4, -0.2) is 29.2 Å². The summed E-state index contributed by atoms with van der Waals surface area (Å²) in [6.07, 6.45) is 0.642. The van der Waals surface area contributed by atoms with Gasteiger partial charge in [-0.2, -0.15) is 0 Å². The summed E-state index contributed by atoms with van der Waals surface area (Å²) in [6.45, 7) is 4.11. The van der Waals surface area contributed by atoms with Crippen LogP contribution in [0.25, 0.3) is 10.8 Å². The highest BCUT2D eigenvalue weighted by Gasteiger charge is 2.32. The molecular weight excluding hydrogens is 364 g/mol. The highest BCUT2D eigenvalue weighted by Crippen LogP contribution is 2.30. The molecule has 3 amide bonds. The standard InChI is InChI=1S/C24H22N2O3/c1-15-7-3-8-16(2)22(15)25-20(27)13-6-14-26-23(28)18-11-4-9-17-10-5-12-19(21(17)18)24(26)29/h3-5,7-12H,6,13-14H2,1-2H3,(H,25,27). The summed E-state index contributed by atoms with van der Waals surface area (Å²) >= 11 is 0. The van der Waals surface area contributed by atoms with Crippen molar-refractivity contribution in [1.82, 2.24) is 4.90 Å². The van der Waals surface area contributed by atoms with Gasteiger partial charge in [0.05, 0.1) is 0 Å². The Labute approximate surface area is 169 Å². The van der Waals surface area contributed by atoms with Crippen molar-refractivity contribution in [3.05, 3.63) is 76.9 Å². The van der Waals surface area contributed by atoms with Crippen molar-refractivity contribution in [3.8, 4) is 0 Å². The second kappa shape index (κ2) is 7.51. The first-order valence-electron chi connectivity index (χ1n) is 9.71. The summed E-state index contributed by atoms with van der Waals surface area (Å²) in [6, 6.07) is 16.8. The second-order valence-electron chi connectivity index (χ2n) is 7.39. The highest BCUT2D eigenvalue weighted by molar-refractivity contribution is 6.25. The topological polar surface area (TPSA) is 66.5 Å². The molecule has 0 saturated carbocycles. The van der Waals surface area contributed by atoms with Crippen molar-refractivity contribution in [2.45, 2.75) is 26.7 Å². The zero-order valence-electron chi connectivity index (χ0n) is 16.5. The van der Waals surface area contributed by atoms with Crippen LogP contribution in [0.4, 0.5) is 5.69 Å². The Morgan fingerprint density at radius 1 is 0.862 bits per heavy atom. The molecule has 4 rings (SSSR count). The SMILES string of the molecule is Cc1cccc(C)c1NC(=O)CCCN1C(=O)c2cccc3cccc(c23)C1=O. The number of hydrogen-bond acceptors (Lipinski definition) is 3. The quantitative estimate of drug-likeness (QED) is 0.658. The molecule has 0 aromatic heterocycles. The molecule has 0 aliphatic carbocycles. The lowest BCUT2D eigenvalue weighted by molar-refractivity contribution is -0.116. The molecule has 5 heteroatoms. The van der Waals surface area contributed by atoms with Crippen molar-refractivity contribution < 1.29 is 14.4 Å². The van der Waals surface area contributed by atoms with Gasteiger partial charge in [-0.15, -0.1) is 0 Å². The molecule has 29 heavy (non-hydrogen) atoms. The van der Waals surface area contributed by atoms with Crippen LogP contribution in [0.1, 0.15) is 44.7 Å². The number of benzene rings is 3. The third kappa shape index (κ3) is 3.40. The van der Waals surface area contributed by atoms with Crippen LogP contribution >= 0.6 is 0 Å². The Kier molecular flexibility index (Phi) is 4.89. The third-order valence-electron chi connectivity index (χ3n) is 5.39. The summed E-state index contributed by atoms with van der Waals surface area (Å²) in [4.78, 5) is 39.4. The molecule has 146 valence electrons. The van der Waals surface area contributed by atoms with Crippen molar-refractivity contribution in [3.63, 3.8) is 0 Å². The smallest absolute Gasteiger partial charge is 0.261 e. The summed E-state index contributed by atoms with van der Waals surface area (Å²) in [5.74, 6) is -0.717. The lowest BCUT2D eigenvalue weighted by atomic mass is 9.94. The molecule has 1 aliphatic heterocycles. The summed E-state index contributed by atoms with van der Waals surface area (Å²) in [7, 11) is 0. The third-order valence-corrected chi connectivity index (χ3v) is 5.39. The van der Waals surface area contributed by atoms with Gasteiger partial charge in [-0.1, -0.05) is 42.5 Å². The fourth-order valence-corrected chi connectivity index (χ4v) is 3.89. The minimum absolute atomic E-state index is 0.123. The van der Waals surface area contributed by atoms with Gasteiger partial charge in [-0.25, -0.2) is 0 Å². The van der Waals surface area contributed by atoms with E-state index in [-0.39, 0.29) is 30.7 Å². The number of carbonyl (C=O) groups excluding carboxylic acids is 3. The average molecular weight is 386 g/mol. The maximum absolute atomic E-state index is 12.9. The highest BCUT2D eigenvalue weighted by atomic mass is 16.2. The van der Waals surface area contributed by atoms with E-state index in [2.05, 4.69) is 5.32 Å². The van der Waals surface area contributed by atoms with Gasteiger partial charge in [0.25, 0.3) is 11.8 Å². The van der Waals surface area contributed by atoms with E-state index < -0.39 is 0 Å². The molecular formula is C24H22N2O3. The summed E-state index contributed by atoms with van der Waals surface area (Å²) in [5.41, 5.74) is 3.91. The van der Waals surface area contributed by atoms with Crippen LogP contribution in [0, 0.1) is 13.8 Å². The normalized spacial score (nSPS) is 13.1. The molecule has 1 heterocycles. The lowest BCUT2D eigenvalue weighted by Gasteiger charge is -2.27. The number of imide groups is 1. The minimum Gasteiger partial charge on any atom is -0.326 e. The number of rotatable bonds is 5.